The van der Waals surface area contributed by atoms with E-state index in [1.54, 1.807) is 0 Å². The number of amides is 4. The zero-order valence-corrected chi connectivity index (χ0v) is 16.6. The molecule has 4 amide bonds. The first-order valence-electron chi connectivity index (χ1n) is 9.12. The van der Waals surface area contributed by atoms with Gasteiger partial charge in [0.05, 0.1) is 17.7 Å². The Morgan fingerprint density at radius 2 is 1.74 bits per heavy atom. The molecule has 0 saturated carbocycles. The van der Waals surface area contributed by atoms with E-state index in [-0.39, 0.29) is 46.8 Å². The molecule has 0 radical (unpaired) electrons. The Bertz CT molecular complexity index is 780. The van der Waals surface area contributed by atoms with Gasteiger partial charge in [0.15, 0.2) is 0 Å². The lowest BCUT2D eigenvalue weighted by Crippen LogP contribution is -2.46. The van der Waals surface area contributed by atoms with Gasteiger partial charge < -0.3 is 10.2 Å². The smallest absolute Gasteiger partial charge is 0.261 e. The third-order valence-electron chi connectivity index (χ3n) is 4.19. The first kappa shape index (κ1) is 20.6. The zero-order valence-electron chi connectivity index (χ0n) is 16.6. The maximum atomic E-state index is 12.6. The highest BCUT2D eigenvalue weighted by Gasteiger charge is 2.35. The monoisotopic (exact) mass is 373 g/mol. The molecule has 1 aliphatic heterocycles. The molecule has 0 bridgehead atoms. The van der Waals surface area contributed by atoms with Crippen molar-refractivity contribution in [1.29, 1.82) is 0 Å². The second kappa shape index (κ2) is 7.90. The molecule has 0 unspecified atom stereocenters. The minimum absolute atomic E-state index is 0.0946. The first-order chi connectivity index (χ1) is 12.5. The number of fused-ring (bicyclic) bond motifs is 1. The number of benzene rings is 1. The van der Waals surface area contributed by atoms with E-state index in [4.69, 9.17) is 0 Å². The number of nitrogens with one attached hydrogen (secondary N) is 1. The zero-order chi connectivity index (χ0) is 20.4. The Balaban J connectivity index is 2.14. The number of likely N-dealkylation sites (N-methyl/N-ethyl adjacent to an activating group) is 1. The van der Waals surface area contributed by atoms with Crippen LogP contribution in [-0.2, 0) is 4.79 Å². The minimum atomic E-state index is -0.386. The Hall–Kier alpha value is -2.70. The second-order valence-electron chi connectivity index (χ2n) is 7.84. The van der Waals surface area contributed by atoms with Gasteiger partial charge in [-0.05, 0) is 45.4 Å². The predicted octanol–water partition coefficient (Wildman–Crippen LogP) is 2.07. The molecule has 1 aromatic rings. The molecule has 0 atom stereocenters. The Labute approximate surface area is 159 Å². The molecular formula is C20H27N3O4. The van der Waals surface area contributed by atoms with Crippen molar-refractivity contribution in [3.8, 4) is 0 Å². The van der Waals surface area contributed by atoms with Gasteiger partial charge in [0.2, 0.25) is 5.91 Å². The highest BCUT2D eigenvalue weighted by atomic mass is 16.2. The fourth-order valence-electron chi connectivity index (χ4n) is 2.91. The van der Waals surface area contributed by atoms with Crippen LogP contribution in [0.15, 0.2) is 18.2 Å². The molecule has 0 saturated heterocycles. The van der Waals surface area contributed by atoms with Crippen LogP contribution < -0.4 is 5.32 Å². The van der Waals surface area contributed by atoms with Crippen molar-refractivity contribution in [2.45, 2.75) is 46.1 Å². The quantitative estimate of drug-likeness (QED) is 0.774. The molecule has 146 valence electrons. The molecule has 1 aromatic carbocycles. The SMILES string of the molecule is CCCCN1C(=O)c2ccc(C(=O)N(C)CC(=O)NC(C)(C)C)cc2C1=O. The van der Waals surface area contributed by atoms with E-state index in [1.165, 1.54) is 35.0 Å². The largest absolute Gasteiger partial charge is 0.350 e. The maximum Gasteiger partial charge on any atom is 0.261 e. The van der Waals surface area contributed by atoms with Gasteiger partial charge in [-0.25, -0.2) is 0 Å². The molecule has 7 heteroatoms. The van der Waals surface area contributed by atoms with Crippen molar-refractivity contribution in [1.82, 2.24) is 15.1 Å². The van der Waals surface area contributed by atoms with Crippen LogP contribution in [0.3, 0.4) is 0 Å². The van der Waals surface area contributed by atoms with Crippen LogP contribution in [0.25, 0.3) is 0 Å². The highest BCUT2D eigenvalue weighted by molar-refractivity contribution is 6.22. The molecule has 2 rings (SSSR count). The molecule has 27 heavy (non-hydrogen) atoms. The van der Waals surface area contributed by atoms with Crippen LogP contribution in [0.2, 0.25) is 0 Å². The summed E-state index contributed by atoms with van der Waals surface area (Å²) in [5.74, 6) is -1.34. The number of hydrogen-bond donors (Lipinski definition) is 1. The Morgan fingerprint density at radius 1 is 1.11 bits per heavy atom. The fraction of sp³-hybridized carbons (Fsp3) is 0.500. The van der Waals surface area contributed by atoms with Gasteiger partial charge in [-0.2, -0.15) is 0 Å². The second-order valence-corrected chi connectivity index (χ2v) is 7.84. The van der Waals surface area contributed by atoms with Crippen LogP contribution in [0.5, 0.6) is 0 Å². The van der Waals surface area contributed by atoms with Crippen molar-refractivity contribution in [3.63, 3.8) is 0 Å². The summed E-state index contributed by atoms with van der Waals surface area (Å²) in [6.07, 6.45) is 1.61. The number of rotatable bonds is 6. The Morgan fingerprint density at radius 3 is 2.33 bits per heavy atom. The van der Waals surface area contributed by atoms with Crippen LogP contribution in [0.1, 0.15) is 71.6 Å². The van der Waals surface area contributed by atoms with Gasteiger partial charge in [0.25, 0.3) is 17.7 Å². The van der Waals surface area contributed by atoms with E-state index in [0.717, 1.165) is 12.8 Å². The number of carbonyl (C=O) groups is 4. The van der Waals surface area contributed by atoms with Gasteiger partial charge >= 0.3 is 0 Å². The van der Waals surface area contributed by atoms with Crippen molar-refractivity contribution in [2.24, 2.45) is 0 Å². The van der Waals surface area contributed by atoms with Crippen LogP contribution in [0, 0.1) is 0 Å². The molecule has 0 fully saturated rings. The molecule has 0 aliphatic carbocycles. The van der Waals surface area contributed by atoms with Crippen LogP contribution >= 0.6 is 0 Å². The van der Waals surface area contributed by atoms with Crippen molar-refractivity contribution in [3.05, 3.63) is 34.9 Å². The summed E-state index contributed by atoms with van der Waals surface area (Å²) in [5.41, 5.74) is 0.456. The molecule has 0 aromatic heterocycles. The Kier molecular flexibility index (Phi) is 6.03. The summed E-state index contributed by atoms with van der Waals surface area (Å²) in [5, 5.41) is 2.80. The summed E-state index contributed by atoms with van der Waals surface area (Å²) in [4.78, 5) is 52.0. The third kappa shape index (κ3) is 4.72. The standard InChI is InChI=1S/C20H27N3O4/c1-6-7-10-23-18(26)14-9-8-13(11-15(14)19(23)27)17(25)22(5)12-16(24)21-20(2,3)4/h8-9,11H,6-7,10,12H2,1-5H3,(H,21,24). The molecule has 0 spiro atoms. The summed E-state index contributed by atoms with van der Waals surface area (Å²) in [6.45, 7) is 7.85. The van der Waals surface area contributed by atoms with E-state index >= 15 is 0 Å². The number of carbonyl (C=O) groups excluding carboxylic acids is 4. The summed E-state index contributed by atoms with van der Waals surface area (Å²) >= 11 is 0. The van der Waals surface area contributed by atoms with Gasteiger partial charge in [0, 0.05) is 24.7 Å². The van der Waals surface area contributed by atoms with Crippen LogP contribution in [-0.4, -0.2) is 59.1 Å². The summed E-state index contributed by atoms with van der Waals surface area (Å²) in [7, 11) is 1.53. The average molecular weight is 373 g/mol. The van der Waals surface area contributed by atoms with E-state index in [1.807, 2.05) is 27.7 Å². The third-order valence-corrected chi connectivity index (χ3v) is 4.19. The number of nitrogens with zero attached hydrogens (tertiary/aromatic N) is 2. The van der Waals surface area contributed by atoms with Crippen molar-refractivity contribution < 1.29 is 19.2 Å². The fourth-order valence-corrected chi connectivity index (χ4v) is 2.91. The minimum Gasteiger partial charge on any atom is -0.350 e. The van der Waals surface area contributed by atoms with E-state index in [9.17, 15) is 19.2 Å². The summed E-state index contributed by atoms with van der Waals surface area (Å²) < 4.78 is 0. The number of imide groups is 1. The maximum absolute atomic E-state index is 12.6. The van der Waals surface area contributed by atoms with Gasteiger partial charge in [-0.3, -0.25) is 24.1 Å². The van der Waals surface area contributed by atoms with E-state index in [2.05, 4.69) is 5.32 Å². The average Bonchev–Trinajstić information content (AvgIpc) is 2.81. The number of unbranched alkanes of at least 4 members (excludes halogenated alkanes) is 1. The topological polar surface area (TPSA) is 86.8 Å². The van der Waals surface area contributed by atoms with Gasteiger partial charge in [-0.1, -0.05) is 13.3 Å². The van der Waals surface area contributed by atoms with E-state index < -0.39 is 0 Å². The van der Waals surface area contributed by atoms with Gasteiger partial charge in [0.1, 0.15) is 0 Å². The van der Waals surface area contributed by atoms with Crippen LogP contribution in [0.4, 0.5) is 0 Å². The normalized spacial score (nSPS) is 13.6. The molecule has 1 N–H and O–H groups in total. The lowest BCUT2D eigenvalue weighted by Gasteiger charge is -2.23. The molecule has 1 heterocycles. The number of hydrogen-bond acceptors (Lipinski definition) is 4. The molecular weight excluding hydrogens is 346 g/mol. The first-order valence-corrected chi connectivity index (χ1v) is 9.12. The predicted molar refractivity (Wildman–Crippen MR) is 102 cm³/mol. The molecule has 7 nitrogen and oxygen atoms in total. The molecule has 1 aliphatic rings. The summed E-state index contributed by atoms with van der Waals surface area (Å²) in [6, 6.07) is 4.48. The lowest BCUT2D eigenvalue weighted by molar-refractivity contribution is -0.122. The highest BCUT2D eigenvalue weighted by Crippen LogP contribution is 2.24. The van der Waals surface area contributed by atoms with Crippen molar-refractivity contribution >= 4 is 23.6 Å². The lowest BCUT2D eigenvalue weighted by atomic mass is 10.0. The van der Waals surface area contributed by atoms with E-state index in [0.29, 0.717) is 12.1 Å². The van der Waals surface area contributed by atoms with Gasteiger partial charge in [-0.15, -0.1) is 0 Å². The van der Waals surface area contributed by atoms with Crippen molar-refractivity contribution in [2.75, 3.05) is 20.1 Å².